The Morgan fingerprint density at radius 2 is 2.17 bits per heavy atom. The molecular formula is C14H18N2O2. The van der Waals surface area contributed by atoms with E-state index in [0.717, 1.165) is 18.4 Å². The molecule has 0 aliphatic rings. The van der Waals surface area contributed by atoms with Gasteiger partial charge in [-0.05, 0) is 24.5 Å². The zero-order chi connectivity index (χ0) is 13.0. The van der Waals surface area contributed by atoms with Crippen LogP contribution < -0.4 is 0 Å². The van der Waals surface area contributed by atoms with Gasteiger partial charge >= 0.3 is 0 Å². The first-order valence-corrected chi connectivity index (χ1v) is 6.08. The number of nitrogens with zero attached hydrogens (tertiary/aromatic N) is 1. The van der Waals surface area contributed by atoms with Crippen LogP contribution in [0.15, 0.2) is 30.5 Å². The van der Waals surface area contributed by atoms with E-state index in [1.165, 1.54) is 23.1 Å². The minimum atomic E-state index is 0.0114. The zero-order valence-corrected chi connectivity index (χ0v) is 10.8. The molecule has 0 atom stereocenters. The molecule has 1 N–H and O–H groups in total. The van der Waals surface area contributed by atoms with Crippen LogP contribution in [0.1, 0.15) is 18.4 Å². The van der Waals surface area contributed by atoms with Crippen LogP contribution in [0.4, 0.5) is 0 Å². The van der Waals surface area contributed by atoms with Crippen molar-refractivity contribution in [2.24, 2.45) is 0 Å². The first-order chi connectivity index (χ1) is 8.72. The molecule has 2 aromatic rings. The molecule has 0 spiro atoms. The summed E-state index contributed by atoms with van der Waals surface area (Å²) in [6, 6.07) is 8.20. The summed E-state index contributed by atoms with van der Waals surface area (Å²) in [7, 11) is 3.13. The van der Waals surface area contributed by atoms with Crippen LogP contribution in [-0.2, 0) is 16.1 Å². The van der Waals surface area contributed by atoms with E-state index in [4.69, 9.17) is 4.84 Å². The number of carbonyl (C=O) groups is 1. The van der Waals surface area contributed by atoms with Crippen LogP contribution in [0, 0.1) is 0 Å². The fraction of sp³-hybridized carbons (Fsp3) is 0.357. The van der Waals surface area contributed by atoms with Crippen molar-refractivity contribution in [1.82, 2.24) is 10.0 Å². The molecular weight excluding hydrogens is 228 g/mol. The highest BCUT2D eigenvalue weighted by Crippen LogP contribution is 2.19. The Morgan fingerprint density at radius 1 is 1.39 bits per heavy atom. The number of fused-ring (bicyclic) bond motifs is 1. The molecule has 0 bridgehead atoms. The summed E-state index contributed by atoms with van der Waals surface area (Å²) >= 11 is 0. The van der Waals surface area contributed by atoms with Gasteiger partial charge in [-0.15, -0.1) is 0 Å². The van der Waals surface area contributed by atoms with Crippen molar-refractivity contribution in [1.29, 1.82) is 0 Å². The number of carbonyl (C=O) groups excluding carboxylic acids is 1. The van der Waals surface area contributed by atoms with Crippen LogP contribution in [0.25, 0.3) is 10.9 Å². The summed E-state index contributed by atoms with van der Waals surface area (Å²) in [5.74, 6) is 0.0114. The molecule has 4 nitrogen and oxygen atoms in total. The van der Waals surface area contributed by atoms with Gasteiger partial charge in [-0.25, -0.2) is 5.06 Å². The first kappa shape index (κ1) is 12.6. The van der Waals surface area contributed by atoms with Crippen LogP contribution >= 0.6 is 0 Å². The summed E-state index contributed by atoms with van der Waals surface area (Å²) in [5, 5.41) is 2.51. The van der Waals surface area contributed by atoms with Crippen LogP contribution in [0.2, 0.25) is 0 Å². The van der Waals surface area contributed by atoms with E-state index in [-0.39, 0.29) is 5.91 Å². The minimum Gasteiger partial charge on any atom is -0.361 e. The van der Waals surface area contributed by atoms with Crippen molar-refractivity contribution in [2.75, 3.05) is 14.2 Å². The molecule has 1 aromatic carbocycles. The van der Waals surface area contributed by atoms with Crippen molar-refractivity contribution < 1.29 is 9.63 Å². The van der Waals surface area contributed by atoms with Gasteiger partial charge in [0.1, 0.15) is 0 Å². The fourth-order valence-corrected chi connectivity index (χ4v) is 2.03. The molecule has 0 saturated carbocycles. The number of aromatic amines is 1. The number of hydrogen-bond acceptors (Lipinski definition) is 2. The van der Waals surface area contributed by atoms with E-state index in [1.54, 1.807) is 7.05 Å². The molecule has 4 heteroatoms. The van der Waals surface area contributed by atoms with E-state index < -0.39 is 0 Å². The normalized spacial score (nSPS) is 10.8. The number of benzene rings is 1. The Bertz CT molecular complexity index is 533. The van der Waals surface area contributed by atoms with E-state index >= 15 is 0 Å². The highest BCUT2D eigenvalue weighted by Gasteiger charge is 2.08. The Hall–Kier alpha value is -1.81. The molecule has 1 aromatic heterocycles. The van der Waals surface area contributed by atoms with Crippen molar-refractivity contribution in [3.05, 3.63) is 36.0 Å². The number of rotatable bonds is 5. The quantitative estimate of drug-likeness (QED) is 0.824. The molecule has 1 amide bonds. The molecule has 0 fully saturated rings. The van der Waals surface area contributed by atoms with Crippen LogP contribution in [0.3, 0.4) is 0 Å². The maximum atomic E-state index is 11.6. The molecule has 0 aliphatic carbocycles. The molecule has 0 radical (unpaired) electrons. The fourth-order valence-electron chi connectivity index (χ4n) is 2.03. The van der Waals surface area contributed by atoms with Gasteiger partial charge in [-0.2, -0.15) is 0 Å². The smallest absolute Gasteiger partial charge is 0.245 e. The Kier molecular flexibility index (Phi) is 3.99. The summed E-state index contributed by atoms with van der Waals surface area (Å²) < 4.78 is 0. The van der Waals surface area contributed by atoms with E-state index in [9.17, 15) is 4.79 Å². The number of H-pyrrole nitrogens is 1. The highest BCUT2D eigenvalue weighted by molar-refractivity contribution is 5.83. The van der Waals surface area contributed by atoms with Gasteiger partial charge < -0.3 is 4.98 Å². The van der Waals surface area contributed by atoms with E-state index in [0.29, 0.717) is 6.42 Å². The van der Waals surface area contributed by atoms with Gasteiger partial charge in [0.05, 0.1) is 7.11 Å². The molecule has 0 unspecified atom stereocenters. The highest BCUT2D eigenvalue weighted by atomic mass is 16.7. The third-order valence-electron chi connectivity index (χ3n) is 3.14. The Balaban J connectivity index is 1.93. The monoisotopic (exact) mass is 246 g/mol. The second kappa shape index (κ2) is 5.69. The zero-order valence-electron chi connectivity index (χ0n) is 10.8. The van der Waals surface area contributed by atoms with Gasteiger partial charge in [0.2, 0.25) is 5.91 Å². The second-order valence-corrected chi connectivity index (χ2v) is 4.29. The number of aryl methyl sites for hydroxylation is 1. The number of hydroxylamine groups is 2. The van der Waals surface area contributed by atoms with Gasteiger partial charge in [0, 0.05) is 30.6 Å². The lowest BCUT2D eigenvalue weighted by Gasteiger charge is -2.12. The predicted molar refractivity (Wildman–Crippen MR) is 71.0 cm³/mol. The van der Waals surface area contributed by atoms with E-state index in [1.807, 2.05) is 18.3 Å². The van der Waals surface area contributed by atoms with Crippen molar-refractivity contribution in [3.63, 3.8) is 0 Å². The summed E-state index contributed by atoms with van der Waals surface area (Å²) in [6.07, 6.45) is 4.25. The van der Waals surface area contributed by atoms with E-state index in [2.05, 4.69) is 17.1 Å². The maximum absolute atomic E-state index is 11.6. The number of para-hydroxylation sites is 1. The molecule has 96 valence electrons. The molecule has 2 rings (SSSR count). The molecule has 1 heterocycles. The average molecular weight is 246 g/mol. The standard InChI is InChI=1S/C14H18N2O2/c1-16(18-2)14(17)9-5-6-11-10-15-13-8-4-3-7-12(11)13/h3-4,7-8,10,15H,5-6,9H2,1-2H3. The summed E-state index contributed by atoms with van der Waals surface area (Å²) in [4.78, 5) is 19.6. The first-order valence-electron chi connectivity index (χ1n) is 6.08. The van der Waals surface area contributed by atoms with Gasteiger partial charge in [-0.3, -0.25) is 9.63 Å². The lowest BCUT2D eigenvalue weighted by Crippen LogP contribution is -2.25. The Labute approximate surface area is 107 Å². The second-order valence-electron chi connectivity index (χ2n) is 4.29. The van der Waals surface area contributed by atoms with Gasteiger partial charge in [0.15, 0.2) is 0 Å². The maximum Gasteiger partial charge on any atom is 0.245 e. The predicted octanol–water partition coefficient (Wildman–Crippen LogP) is 2.51. The number of nitrogens with one attached hydrogen (secondary N) is 1. The molecule has 0 aliphatic heterocycles. The van der Waals surface area contributed by atoms with Crippen LogP contribution in [0.5, 0.6) is 0 Å². The van der Waals surface area contributed by atoms with Crippen molar-refractivity contribution >= 4 is 16.8 Å². The minimum absolute atomic E-state index is 0.0114. The lowest BCUT2D eigenvalue weighted by atomic mass is 10.1. The third kappa shape index (κ3) is 2.71. The topological polar surface area (TPSA) is 45.3 Å². The number of amides is 1. The van der Waals surface area contributed by atoms with Crippen molar-refractivity contribution in [3.8, 4) is 0 Å². The van der Waals surface area contributed by atoms with Crippen LogP contribution in [-0.4, -0.2) is 30.1 Å². The molecule has 18 heavy (non-hydrogen) atoms. The van der Waals surface area contributed by atoms with Gasteiger partial charge in [-0.1, -0.05) is 18.2 Å². The molecule has 0 saturated heterocycles. The number of aromatic nitrogens is 1. The third-order valence-corrected chi connectivity index (χ3v) is 3.14. The summed E-state index contributed by atoms with van der Waals surface area (Å²) in [5.41, 5.74) is 2.41. The van der Waals surface area contributed by atoms with Crippen molar-refractivity contribution in [2.45, 2.75) is 19.3 Å². The largest absolute Gasteiger partial charge is 0.361 e. The summed E-state index contributed by atoms with van der Waals surface area (Å²) in [6.45, 7) is 0. The Morgan fingerprint density at radius 3 is 2.94 bits per heavy atom. The van der Waals surface area contributed by atoms with Gasteiger partial charge in [0.25, 0.3) is 0 Å². The lowest BCUT2D eigenvalue weighted by molar-refractivity contribution is -0.168. The number of hydrogen-bond donors (Lipinski definition) is 1. The average Bonchev–Trinajstić information content (AvgIpc) is 2.81. The SMILES string of the molecule is CON(C)C(=O)CCCc1c[nH]c2ccccc12.